The minimum absolute atomic E-state index is 0.0240. The van der Waals surface area contributed by atoms with Crippen LogP contribution in [0.15, 0.2) is 22.5 Å². The van der Waals surface area contributed by atoms with E-state index in [1.54, 1.807) is 11.3 Å². The Morgan fingerprint density at radius 2 is 1.92 bits per heavy atom. The van der Waals surface area contributed by atoms with E-state index in [2.05, 4.69) is 60.8 Å². The van der Waals surface area contributed by atoms with Crippen LogP contribution in [0.1, 0.15) is 45.9 Å². The summed E-state index contributed by atoms with van der Waals surface area (Å²) in [5.74, 6) is 0.977. The first kappa shape index (κ1) is 22.0. The van der Waals surface area contributed by atoms with E-state index >= 15 is 0 Å². The number of thiophene rings is 1. The second kappa shape index (κ2) is 9.03. The van der Waals surface area contributed by atoms with E-state index in [0.717, 1.165) is 19.0 Å². The first-order chi connectivity index (χ1) is 11.5. The zero-order valence-corrected chi connectivity index (χ0v) is 18.0. The topological polar surface area (TPSA) is 70.6 Å². The molecule has 1 heterocycles. The molecule has 7 heteroatoms. The van der Waals surface area contributed by atoms with Crippen LogP contribution >= 0.6 is 11.3 Å². The molecule has 0 saturated carbocycles. The molecule has 0 atom stereocenters. The van der Waals surface area contributed by atoms with Crippen LogP contribution in [0.5, 0.6) is 0 Å². The fraction of sp³-hybridized carbons (Fsp3) is 0.722. The van der Waals surface area contributed by atoms with Gasteiger partial charge in [0.05, 0.1) is 5.75 Å². The van der Waals surface area contributed by atoms with Crippen LogP contribution in [0.4, 0.5) is 0 Å². The van der Waals surface area contributed by atoms with Crippen molar-refractivity contribution in [3.05, 3.63) is 22.4 Å². The fourth-order valence-electron chi connectivity index (χ4n) is 2.23. The average Bonchev–Trinajstić information content (AvgIpc) is 3.03. The molecule has 0 fully saturated rings. The number of nitrogens with one attached hydrogen (secondary N) is 2. The maximum Gasteiger partial charge on any atom is 0.191 e. The third kappa shape index (κ3) is 8.72. The Kier molecular flexibility index (Phi) is 7.93. The molecule has 1 aromatic rings. The summed E-state index contributed by atoms with van der Waals surface area (Å²) in [6.45, 7) is 12.7. The van der Waals surface area contributed by atoms with Crippen molar-refractivity contribution in [1.29, 1.82) is 0 Å². The van der Waals surface area contributed by atoms with Crippen molar-refractivity contribution in [3.63, 3.8) is 0 Å². The lowest BCUT2D eigenvalue weighted by Gasteiger charge is -2.26. The van der Waals surface area contributed by atoms with Crippen LogP contribution in [0, 0.1) is 5.41 Å². The summed E-state index contributed by atoms with van der Waals surface area (Å²) in [6, 6.07) is 4.23. The maximum absolute atomic E-state index is 11.4. The van der Waals surface area contributed by atoms with Gasteiger partial charge in [-0.05, 0) is 30.2 Å². The molecule has 0 aliphatic carbocycles. The summed E-state index contributed by atoms with van der Waals surface area (Å²) >= 11 is 1.76. The molecule has 144 valence electrons. The summed E-state index contributed by atoms with van der Waals surface area (Å²) < 4.78 is 22.8. The van der Waals surface area contributed by atoms with Gasteiger partial charge >= 0.3 is 0 Å². The molecule has 25 heavy (non-hydrogen) atoms. The zero-order valence-electron chi connectivity index (χ0n) is 16.3. The van der Waals surface area contributed by atoms with E-state index in [1.807, 2.05) is 6.92 Å². The molecular weight excluding hydrogens is 354 g/mol. The summed E-state index contributed by atoms with van der Waals surface area (Å²) in [4.78, 5) is 6.01. The number of nitrogens with zero attached hydrogens (tertiary/aromatic N) is 1. The molecule has 1 rings (SSSR count). The van der Waals surface area contributed by atoms with E-state index in [-0.39, 0.29) is 16.6 Å². The number of guanidine groups is 1. The minimum atomic E-state index is -2.94. The second-order valence-corrected chi connectivity index (χ2v) is 11.2. The van der Waals surface area contributed by atoms with E-state index in [9.17, 15) is 8.42 Å². The SMILES string of the molecule is CCNC(=NCC(C)(C)CCS(C)(=O)=O)NCC(C)(C)c1cccs1. The lowest BCUT2D eigenvalue weighted by atomic mass is 9.90. The molecule has 0 spiro atoms. The summed E-state index contributed by atoms with van der Waals surface area (Å²) in [5.41, 5.74) is -0.134. The van der Waals surface area contributed by atoms with Gasteiger partial charge in [-0.2, -0.15) is 0 Å². The normalized spacial score (nSPS) is 13.8. The van der Waals surface area contributed by atoms with E-state index in [1.165, 1.54) is 11.1 Å². The molecule has 0 aromatic carbocycles. The van der Waals surface area contributed by atoms with Gasteiger partial charge < -0.3 is 10.6 Å². The largest absolute Gasteiger partial charge is 0.357 e. The van der Waals surface area contributed by atoms with Crippen LogP contribution in [-0.4, -0.2) is 46.0 Å². The molecular formula is C18H33N3O2S2. The van der Waals surface area contributed by atoms with Crippen LogP contribution < -0.4 is 10.6 Å². The molecule has 0 bridgehead atoms. The predicted octanol–water partition coefficient (Wildman–Crippen LogP) is 3.04. The number of hydrogen-bond donors (Lipinski definition) is 2. The van der Waals surface area contributed by atoms with Gasteiger partial charge in [0.25, 0.3) is 0 Å². The number of aliphatic imine (C=N–C) groups is 1. The van der Waals surface area contributed by atoms with Crippen LogP contribution in [0.25, 0.3) is 0 Å². The summed E-state index contributed by atoms with van der Waals surface area (Å²) in [5, 5.41) is 8.79. The third-order valence-corrected chi connectivity index (χ3v) is 6.23. The molecule has 0 aliphatic heterocycles. The highest BCUT2D eigenvalue weighted by Gasteiger charge is 2.23. The van der Waals surface area contributed by atoms with Crippen molar-refractivity contribution in [3.8, 4) is 0 Å². The first-order valence-electron chi connectivity index (χ1n) is 8.69. The average molecular weight is 388 g/mol. The van der Waals surface area contributed by atoms with Gasteiger partial charge in [-0.3, -0.25) is 4.99 Å². The Balaban J connectivity index is 2.67. The first-order valence-corrected chi connectivity index (χ1v) is 11.6. The minimum Gasteiger partial charge on any atom is -0.357 e. The Morgan fingerprint density at radius 3 is 2.44 bits per heavy atom. The third-order valence-electron chi connectivity index (χ3n) is 4.05. The lowest BCUT2D eigenvalue weighted by molar-refractivity contribution is 0.365. The molecule has 5 nitrogen and oxygen atoms in total. The Morgan fingerprint density at radius 1 is 1.24 bits per heavy atom. The predicted molar refractivity (Wildman–Crippen MR) is 109 cm³/mol. The molecule has 1 aromatic heterocycles. The van der Waals surface area contributed by atoms with Gasteiger partial charge in [-0.15, -0.1) is 11.3 Å². The van der Waals surface area contributed by atoms with E-state index in [0.29, 0.717) is 13.0 Å². The van der Waals surface area contributed by atoms with Crippen molar-refractivity contribution >= 4 is 27.1 Å². The summed E-state index contributed by atoms with van der Waals surface area (Å²) in [7, 11) is -2.94. The van der Waals surface area contributed by atoms with E-state index in [4.69, 9.17) is 0 Å². The van der Waals surface area contributed by atoms with Crippen molar-refractivity contribution < 1.29 is 8.42 Å². The lowest BCUT2D eigenvalue weighted by Crippen LogP contribution is -2.43. The van der Waals surface area contributed by atoms with Crippen molar-refractivity contribution in [2.24, 2.45) is 10.4 Å². The fourth-order valence-corrected chi connectivity index (χ4v) is 4.01. The summed E-state index contributed by atoms with van der Waals surface area (Å²) in [6.07, 6.45) is 1.89. The molecule has 0 amide bonds. The van der Waals surface area contributed by atoms with Gasteiger partial charge in [0, 0.05) is 36.2 Å². The van der Waals surface area contributed by atoms with Gasteiger partial charge in [0.15, 0.2) is 5.96 Å². The van der Waals surface area contributed by atoms with Crippen molar-refractivity contribution in [1.82, 2.24) is 10.6 Å². The van der Waals surface area contributed by atoms with Crippen molar-refractivity contribution in [2.75, 3.05) is 31.6 Å². The van der Waals surface area contributed by atoms with Crippen LogP contribution in [0.2, 0.25) is 0 Å². The molecule has 2 N–H and O–H groups in total. The second-order valence-electron chi connectivity index (χ2n) is 7.95. The Labute approximate surface area is 157 Å². The van der Waals surface area contributed by atoms with Gasteiger partial charge in [-0.1, -0.05) is 33.8 Å². The quantitative estimate of drug-likeness (QED) is 0.505. The standard InChI is InChI=1S/C18H33N3O2S2/c1-7-19-16(20-13-17(2,3)10-12-25(6,22)23)21-14-18(4,5)15-9-8-11-24-15/h8-9,11H,7,10,12-14H2,1-6H3,(H2,19,20,21). The molecule has 0 aliphatic rings. The molecule has 0 saturated heterocycles. The van der Waals surface area contributed by atoms with Gasteiger partial charge in [0.2, 0.25) is 0 Å². The van der Waals surface area contributed by atoms with Crippen LogP contribution in [0.3, 0.4) is 0 Å². The highest BCUT2D eigenvalue weighted by atomic mass is 32.2. The smallest absolute Gasteiger partial charge is 0.191 e. The molecule has 0 radical (unpaired) electrons. The van der Waals surface area contributed by atoms with Crippen LogP contribution in [-0.2, 0) is 15.3 Å². The van der Waals surface area contributed by atoms with Crippen molar-refractivity contribution in [2.45, 2.75) is 46.5 Å². The van der Waals surface area contributed by atoms with E-state index < -0.39 is 9.84 Å². The number of sulfone groups is 1. The maximum atomic E-state index is 11.4. The van der Waals surface area contributed by atoms with Gasteiger partial charge in [-0.25, -0.2) is 8.42 Å². The highest BCUT2D eigenvalue weighted by molar-refractivity contribution is 7.90. The Bertz CT molecular complexity index is 648. The Hall–Kier alpha value is -1.08. The number of hydrogen-bond acceptors (Lipinski definition) is 4. The number of rotatable bonds is 9. The molecule has 0 unspecified atom stereocenters. The monoisotopic (exact) mass is 387 g/mol. The van der Waals surface area contributed by atoms with Gasteiger partial charge in [0.1, 0.15) is 9.84 Å². The zero-order chi connectivity index (χ0) is 19.1. The highest BCUT2D eigenvalue weighted by Crippen LogP contribution is 2.26.